The molecule has 5 nitrogen and oxygen atoms in total. The topological polar surface area (TPSA) is 60.5 Å². The van der Waals surface area contributed by atoms with Crippen LogP contribution in [0.2, 0.25) is 5.15 Å². The first-order valence-corrected chi connectivity index (χ1v) is 7.85. The van der Waals surface area contributed by atoms with Crippen molar-refractivity contribution in [2.75, 3.05) is 12.4 Å². The number of nitrogens with zero attached hydrogens (tertiary/aromatic N) is 1. The normalized spacial score (nSPS) is 10.2. The van der Waals surface area contributed by atoms with Gasteiger partial charge in [0.15, 0.2) is 0 Å². The van der Waals surface area contributed by atoms with Gasteiger partial charge in [-0.1, -0.05) is 41.9 Å². The van der Waals surface area contributed by atoms with Gasteiger partial charge in [0.05, 0.1) is 11.9 Å². The van der Waals surface area contributed by atoms with Crippen LogP contribution in [-0.2, 0) is 16.1 Å². The third-order valence-electron chi connectivity index (χ3n) is 2.74. The van der Waals surface area contributed by atoms with Crippen LogP contribution in [0.25, 0.3) is 0 Å². The number of aromatic nitrogens is 1. The van der Waals surface area contributed by atoms with Gasteiger partial charge in [-0.15, -0.1) is 0 Å². The maximum Gasteiger partial charge on any atom is 0.293 e. The molecule has 6 heteroatoms. The number of rotatable bonds is 5. The van der Waals surface area contributed by atoms with E-state index in [9.17, 15) is 4.79 Å². The van der Waals surface area contributed by atoms with Gasteiger partial charge in [-0.2, -0.15) is 0 Å². The van der Waals surface area contributed by atoms with Gasteiger partial charge in [0.2, 0.25) is 0 Å². The highest BCUT2D eigenvalue weighted by Crippen LogP contribution is 2.26. The zero-order chi connectivity index (χ0) is 18.0. The highest BCUT2D eigenvalue weighted by Gasteiger charge is 2.07. The highest BCUT2D eigenvalue weighted by atomic mass is 35.5. The summed E-state index contributed by atoms with van der Waals surface area (Å²) >= 11 is 5.84. The molecular formula is C18H23ClN2O3. The molecule has 0 radical (unpaired) electrons. The predicted octanol–water partition coefficient (Wildman–Crippen LogP) is 4.31. The smallest absolute Gasteiger partial charge is 0.293 e. The van der Waals surface area contributed by atoms with Gasteiger partial charge >= 0.3 is 0 Å². The van der Waals surface area contributed by atoms with Gasteiger partial charge in [-0.05, 0) is 26.3 Å². The summed E-state index contributed by atoms with van der Waals surface area (Å²) in [6, 6.07) is 11.7. The van der Waals surface area contributed by atoms with Crippen molar-refractivity contribution in [3.05, 3.63) is 53.3 Å². The van der Waals surface area contributed by atoms with Crippen molar-refractivity contribution in [3.63, 3.8) is 0 Å². The molecule has 0 unspecified atom stereocenters. The summed E-state index contributed by atoms with van der Waals surface area (Å²) < 4.78 is 10.3. The average Bonchev–Trinajstić information content (AvgIpc) is 2.53. The second kappa shape index (κ2) is 9.78. The maximum absolute atomic E-state index is 9.60. The Kier molecular flexibility index (Phi) is 8.06. The van der Waals surface area contributed by atoms with Crippen molar-refractivity contribution in [2.45, 2.75) is 33.0 Å². The molecule has 0 spiro atoms. The lowest BCUT2D eigenvalue weighted by Gasteiger charge is -2.14. The molecule has 0 saturated heterocycles. The molecule has 2 aromatic rings. The predicted molar refractivity (Wildman–Crippen MR) is 96.5 cm³/mol. The van der Waals surface area contributed by atoms with Gasteiger partial charge in [0, 0.05) is 13.1 Å². The lowest BCUT2D eigenvalue weighted by molar-refractivity contribution is -0.138. The van der Waals surface area contributed by atoms with Crippen LogP contribution in [0.3, 0.4) is 0 Å². The molecule has 1 heterocycles. The summed E-state index contributed by atoms with van der Waals surface area (Å²) in [5.41, 5.74) is 1.62. The van der Waals surface area contributed by atoms with E-state index in [0.717, 1.165) is 11.3 Å². The van der Waals surface area contributed by atoms with Gasteiger partial charge in [-0.3, -0.25) is 4.79 Å². The molecular weight excluding hydrogens is 328 g/mol. The van der Waals surface area contributed by atoms with Gasteiger partial charge in [0.25, 0.3) is 6.47 Å². The number of hydrogen-bond donors (Lipinski definition) is 1. The molecule has 0 atom stereocenters. The van der Waals surface area contributed by atoms with Crippen LogP contribution in [0, 0.1) is 0 Å². The van der Waals surface area contributed by atoms with Crippen molar-refractivity contribution in [2.24, 2.45) is 0 Å². The number of halogens is 1. The summed E-state index contributed by atoms with van der Waals surface area (Å²) in [5.74, 6) is 0.705. The number of nitrogens with one attached hydrogen (secondary N) is 1. The van der Waals surface area contributed by atoms with E-state index in [4.69, 9.17) is 16.3 Å². The molecule has 0 fully saturated rings. The minimum Gasteiger partial charge on any atom is -0.487 e. The zero-order valence-corrected chi connectivity index (χ0v) is 15.1. The molecule has 0 aliphatic carbocycles. The lowest BCUT2D eigenvalue weighted by Crippen LogP contribution is -2.17. The molecule has 0 saturated carbocycles. The minimum atomic E-state index is -0.318. The molecule has 24 heavy (non-hydrogen) atoms. The SMILES string of the molecule is CC(C)(C)OC=O.CNc1cnc(Cl)cc1OCc1ccccc1. The Balaban J connectivity index is 0.000000351. The fraction of sp³-hybridized carbons (Fsp3) is 0.333. The second-order valence-electron chi connectivity index (χ2n) is 5.85. The summed E-state index contributed by atoms with van der Waals surface area (Å²) in [6.45, 7) is 6.43. The first-order valence-electron chi connectivity index (χ1n) is 7.47. The number of benzene rings is 1. The van der Waals surface area contributed by atoms with E-state index in [-0.39, 0.29) is 5.60 Å². The summed E-state index contributed by atoms with van der Waals surface area (Å²) in [5, 5.41) is 3.44. The average molecular weight is 351 g/mol. The van der Waals surface area contributed by atoms with Crippen LogP contribution in [-0.4, -0.2) is 24.1 Å². The summed E-state index contributed by atoms with van der Waals surface area (Å²) in [6.07, 6.45) is 1.66. The van der Waals surface area contributed by atoms with Crippen molar-refractivity contribution in [1.29, 1.82) is 0 Å². The van der Waals surface area contributed by atoms with E-state index in [1.807, 2.05) is 58.2 Å². The summed E-state index contributed by atoms with van der Waals surface area (Å²) in [7, 11) is 1.82. The molecule has 0 amide bonds. The van der Waals surface area contributed by atoms with E-state index in [0.29, 0.717) is 24.0 Å². The second-order valence-corrected chi connectivity index (χ2v) is 6.24. The molecule has 130 valence electrons. The van der Waals surface area contributed by atoms with Crippen molar-refractivity contribution >= 4 is 23.8 Å². The Morgan fingerprint density at radius 2 is 1.92 bits per heavy atom. The quantitative estimate of drug-likeness (QED) is 0.643. The third-order valence-corrected chi connectivity index (χ3v) is 2.95. The molecule has 1 aromatic heterocycles. The summed E-state index contributed by atoms with van der Waals surface area (Å²) in [4.78, 5) is 13.6. The van der Waals surface area contributed by atoms with E-state index in [1.165, 1.54) is 0 Å². The van der Waals surface area contributed by atoms with Crippen molar-refractivity contribution < 1.29 is 14.3 Å². The number of ether oxygens (including phenoxy) is 2. The van der Waals surface area contributed by atoms with Crippen molar-refractivity contribution in [3.8, 4) is 5.75 Å². The van der Waals surface area contributed by atoms with Crippen molar-refractivity contribution in [1.82, 2.24) is 4.98 Å². The third kappa shape index (κ3) is 7.83. The number of anilines is 1. The fourth-order valence-electron chi connectivity index (χ4n) is 1.60. The molecule has 0 bridgehead atoms. The van der Waals surface area contributed by atoms with Gasteiger partial charge < -0.3 is 14.8 Å². The number of hydrogen-bond acceptors (Lipinski definition) is 5. The number of carbonyl (C=O) groups excluding carboxylic acids is 1. The number of carbonyl (C=O) groups is 1. The van der Waals surface area contributed by atoms with Gasteiger partial charge in [0.1, 0.15) is 23.1 Å². The van der Waals surface area contributed by atoms with Crippen LogP contribution in [0.15, 0.2) is 42.6 Å². The Hall–Kier alpha value is -2.27. The van der Waals surface area contributed by atoms with Crippen LogP contribution in [0.5, 0.6) is 5.75 Å². The minimum absolute atomic E-state index is 0.318. The first-order chi connectivity index (χ1) is 11.4. The monoisotopic (exact) mass is 350 g/mol. The Labute approximate surface area is 148 Å². The standard InChI is InChI=1S/C13H13ClN2O.C5H10O2/c1-15-11-8-16-13(14)7-12(11)17-9-10-5-3-2-4-6-10;1-5(2,3)7-4-6/h2-8,15H,9H2,1H3;4H,1-3H3. The molecule has 0 aliphatic rings. The Morgan fingerprint density at radius 1 is 1.25 bits per heavy atom. The van der Waals surface area contributed by atoms with E-state index in [2.05, 4.69) is 15.0 Å². The molecule has 0 aliphatic heterocycles. The van der Waals surface area contributed by atoms with E-state index in [1.54, 1.807) is 12.3 Å². The van der Waals surface area contributed by atoms with Crippen LogP contribution in [0.4, 0.5) is 5.69 Å². The number of pyridine rings is 1. The van der Waals surface area contributed by atoms with E-state index >= 15 is 0 Å². The zero-order valence-electron chi connectivity index (χ0n) is 14.4. The Bertz CT molecular complexity index is 628. The first kappa shape index (κ1) is 19.8. The largest absolute Gasteiger partial charge is 0.487 e. The maximum atomic E-state index is 9.60. The molecule has 1 N–H and O–H groups in total. The fourth-order valence-corrected chi connectivity index (χ4v) is 1.75. The lowest BCUT2D eigenvalue weighted by atomic mass is 10.2. The Morgan fingerprint density at radius 3 is 2.42 bits per heavy atom. The molecule has 1 aromatic carbocycles. The molecule has 2 rings (SSSR count). The van der Waals surface area contributed by atoms with Crippen LogP contribution in [0.1, 0.15) is 26.3 Å². The van der Waals surface area contributed by atoms with E-state index < -0.39 is 0 Å². The van der Waals surface area contributed by atoms with Crippen LogP contribution >= 0.6 is 11.6 Å². The highest BCUT2D eigenvalue weighted by molar-refractivity contribution is 6.29. The van der Waals surface area contributed by atoms with Crippen LogP contribution < -0.4 is 10.1 Å². The van der Waals surface area contributed by atoms with Gasteiger partial charge in [-0.25, -0.2) is 4.98 Å².